The van der Waals surface area contributed by atoms with Crippen molar-refractivity contribution >= 4 is 6.03 Å². The fourth-order valence-electron chi connectivity index (χ4n) is 2.86. The SMILES string of the molecule is CC(C)C(O)CCNC(=O)NC1CCN(Cc2ccccn2)CC1. The van der Waals surface area contributed by atoms with Crippen molar-refractivity contribution in [2.75, 3.05) is 19.6 Å². The highest BCUT2D eigenvalue weighted by molar-refractivity contribution is 5.74. The van der Waals surface area contributed by atoms with E-state index in [0.29, 0.717) is 13.0 Å². The van der Waals surface area contributed by atoms with E-state index in [-0.39, 0.29) is 24.1 Å². The number of carbonyl (C=O) groups excluding carboxylic acids is 1. The minimum absolute atomic E-state index is 0.130. The van der Waals surface area contributed by atoms with E-state index in [2.05, 4.69) is 20.5 Å². The van der Waals surface area contributed by atoms with E-state index < -0.39 is 0 Å². The normalized spacial score (nSPS) is 17.7. The summed E-state index contributed by atoms with van der Waals surface area (Å²) in [6.07, 6.45) is 3.96. The number of piperidine rings is 1. The van der Waals surface area contributed by atoms with Crippen molar-refractivity contribution < 1.29 is 9.90 Å². The van der Waals surface area contributed by atoms with Gasteiger partial charge in [0.15, 0.2) is 0 Å². The molecular weight excluding hydrogens is 304 g/mol. The van der Waals surface area contributed by atoms with Gasteiger partial charge in [0.1, 0.15) is 0 Å². The summed E-state index contributed by atoms with van der Waals surface area (Å²) in [7, 11) is 0. The molecule has 0 aliphatic carbocycles. The molecule has 1 aliphatic heterocycles. The largest absolute Gasteiger partial charge is 0.393 e. The molecular formula is C18H30N4O2. The number of carbonyl (C=O) groups is 1. The van der Waals surface area contributed by atoms with Crippen LogP contribution in [0.3, 0.4) is 0 Å². The van der Waals surface area contributed by atoms with Crippen LogP contribution in [0.15, 0.2) is 24.4 Å². The monoisotopic (exact) mass is 334 g/mol. The van der Waals surface area contributed by atoms with Crippen molar-refractivity contribution in [1.29, 1.82) is 0 Å². The van der Waals surface area contributed by atoms with Gasteiger partial charge in [0.25, 0.3) is 0 Å². The molecule has 2 rings (SSSR count). The van der Waals surface area contributed by atoms with Gasteiger partial charge in [-0.1, -0.05) is 19.9 Å². The second-order valence-corrected chi connectivity index (χ2v) is 6.87. The number of rotatable bonds is 7. The standard InChI is InChI=1S/C18H30N4O2/c1-14(2)17(23)6-10-20-18(24)21-15-7-11-22(12-8-15)13-16-5-3-4-9-19-16/h3-5,9,14-15,17,23H,6-8,10-13H2,1-2H3,(H2,20,21,24). The van der Waals surface area contributed by atoms with Gasteiger partial charge in [-0.15, -0.1) is 0 Å². The van der Waals surface area contributed by atoms with E-state index in [1.165, 1.54) is 0 Å². The van der Waals surface area contributed by atoms with Gasteiger partial charge in [0.2, 0.25) is 0 Å². The number of pyridine rings is 1. The van der Waals surface area contributed by atoms with Crippen LogP contribution in [0, 0.1) is 5.92 Å². The van der Waals surface area contributed by atoms with Gasteiger partial charge in [0.05, 0.1) is 11.8 Å². The summed E-state index contributed by atoms with van der Waals surface area (Å²) in [6.45, 7) is 7.25. The van der Waals surface area contributed by atoms with Gasteiger partial charge >= 0.3 is 6.03 Å². The summed E-state index contributed by atoms with van der Waals surface area (Å²) < 4.78 is 0. The summed E-state index contributed by atoms with van der Waals surface area (Å²) in [4.78, 5) is 18.6. The molecule has 24 heavy (non-hydrogen) atoms. The number of likely N-dealkylation sites (tertiary alicyclic amines) is 1. The first-order chi connectivity index (χ1) is 11.5. The number of aromatic nitrogens is 1. The molecule has 134 valence electrons. The van der Waals surface area contributed by atoms with Crippen LogP contribution in [0.1, 0.15) is 38.8 Å². The molecule has 3 N–H and O–H groups in total. The first kappa shape index (κ1) is 18.7. The van der Waals surface area contributed by atoms with E-state index in [1.54, 1.807) is 0 Å². The van der Waals surface area contributed by atoms with Crippen LogP contribution in [0.25, 0.3) is 0 Å². The zero-order valence-corrected chi connectivity index (χ0v) is 14.7. The van der Waals surface area contributed by atoms with Crippen molar-refractivity contribution in [2.45, 2.75) is 51.8 Å². The Morgan fingerprint density at radius 3 is 2.75 bits per heavy atom. The Morgan fingerprint density at radius 2 is 2.12 bits per heavy atom. The van der Waals surface area contributed by atoms with Gasteiger partial charge < -0.3 is 15.7 Å². The summed E-state index contributed by atoms with van der Waals surface area (Å²) >= 11 is 0. The number of hydrogen-bond acceptors (Lipinski definition) is 4. The molecule has 0 aromatic carbocycles. The van der Waals surface area contributed by atoms with E-state index in [1.807, 2.05) is 38.2 Å². The van der Waals surface area contributed by atoms with Crippen LogP contribution < -0.4 is 10.6 Å². The number of hydrogen-bond donors (Lipinski definition) is 3. The molecule has 0 bridgehead atoms. The van der Waals surface area contributed by atoms with E-state index in [9.17, 15) is 9.90 Å². The van der Waals surface area contributed by atoms with Crippen LogP contribution in [0.5, 0.6) is 0 Å². The fourth-order valence-corrected chi connectivity index (χ4v) is 2.86. The van der Waals surface area contributed by atoms with Gasteiger partial charge in [-0.25, -0.2) is 4.79 Å². The predicted octanol–water partition coefficient (Wildman–Crippen LogP) is 1.75. The number of nitrogens with zero attached hydrogens (tertiary/aromatic N) is 2. The van der Waals surface area contributed by atoms with Crippen LogP contribution >= 0.6 is 0 Å². The van der Waals surface area contributed by atoms with Crippen LogP contribution in [-0.4, -0.2) is 52.8 Å². The molecule has 0 saturated carbocycles. The molecule has 1 aromatic rings. The number of aliphatic hydroxyl groups excluding tert-OH is 1. The maximum atomic E-state index is 11.9. The Morgan fingerprint density at radius 1 is 1.38 bits per heavy atom. The highest BCUT2D eigenvalue weighted by Gasteiger charge is 2.21. The van der Waals surface area contributed by atoms with Crippen molar-refractivity contribution in [3.63, 3.8) is 0 Å². The molecule has 6 nitrogen and oxygen atoms in total. The van der Waals surface area contributed by atoms with Crippen molar-refractivity contribution in [3.8, 4) is 0 Å². The van der Waals surface area contributed by atoms with E-state index in [0.717, 1.165) is 38.2 Å². The Bertz CT molecular complexity index is 487. The lowest BCUT2D eigenvalue weighted by molar-refractivity contribution is 0.116. The minimum atomic E-state index is -0.361. The summed E-state index contributed by atoms with van der Waals surface area (Å²) in [5.41, 5.74) is 1.09. The highest BCUT2D eigenvalue weighted by atomic mass is 16.3. The summed E-state index contributed by atoms with van der Waals surface area (Å²) in [5, 5.41) is 15.6. The van der Waals surface area contributed by atoms with Crippen LogP contribution in [0.2, 0.25) is 0 Å². The molecule has 2 heterocycles. The second-order valence-electron chi connectivity index (χ2n) is 6.87. The number of nitrogens with one attached hydrogen (secondary N) is 2. The average molecular weight is 334 g/mol. The molecule has 1 saturated heterocycles. The second kappa shape index (κ2) is 9.59. The zero-order valence-electron chi connectivity index (χ0n) is 14.7. The maximum absolute atomic E-state index is 11.9. The smallest absolute Gasteiger partial charge is 0.315 e. The number of aliphatic hydroxyl groups is 1. The predicted molar refractivity (Wildman–Crippen MR) is 94.5 cm³/mol. The van der Waals surface area contributed by atoms with Gasteiger partial charge in [-0.2, -0.15) is 0 Å². The van der Waals surface area contributed by atoms with Crippen LogP contribution in [-0.2, 0) is 6.54 Å². The topological polar surface area (TPSA) is 77.5 Å². The first-order valence-corrected chi connectivity index (χ1v) is 8.89. The van der Waals surface area contributed by atoms with Gasteiger partial charge in [0, 0.05) is 38.4 Å². The Kier molecular flexibility index (Phi) is 7.46. The first-order valence-electron chi connectivity index (χ1n) is 8.89. The molecule has 1 atom stereocenters. The molecule has 0 radical (unpaired) electrons. The fraction of sp³-hybridized carbons (Fsp3) is 0.667. The zero-order chi connectivity index (χ0) is 17.4. The molecule has 0 spiro atoms. The van der Waals surface area contributed by atoms with E-state index in [4.69, 9.17) is 0 Å². The molecule has 6 heteroatoms. The molecule has 1 unspecified atom stereocenters. The minimum Gasteiger partial charge on any atom is -0.393 e. The van der Waals surface area contributed by atoms with Crippen molar-refractivity contribution in [1.82, 2.24) is 20.5 Å². The highest BCUT2D eigenvalue weighted by Crippen LogP contribution is 2.12. The third-order valence-electron chi connectivity index (χ3n) is 4.53. The third-order valence-corrected chi connectivity index (χ3v) is 4.53. The lowest BCUT2D eigenvalue weighted by Crippen LogP contribution is -2.48. The Labute approximate surface area is 144 Å². The summed E-state index contributed by atoms with van der Waals surface area (Å²) in [6, 6.07) is 6.08. The number of amides is 2. The molecule has 2 amide bonds. The lowest BCUT2D eigenvalue weighted by Gasteiger charge is -2.32. The van der Waals surface area contributed by atoms with Crippen LogP contribution in [0.4, 0.5) is 4.79 Å². The Balaban J connectivity index is 1.61. The summed E-state index contributed by atoms with van der Waals surface area (Å²) in [5.74, 6) is 0.221. The Hall–Kier alpha value is -1.66. The van der Waals surface area contributed by atoms with Crippen molar-refractivity contribution in [2.24, 2.45) is 5.92 Å². The van der Waals surface area contributed by atoms with E-state index >= 15 is 0 Å². The lowest BCUT2D eigenvalue weighted by atomic mass is 10.0. The quantitative estimate of drug-likeness (QED) is 0.710. The number of urea groups is 1. The molecule has 1 fully saturated rings. The average Bonchev–Trinajstić information content (AvgIpc) is 2.57. The van der Waals surface area contributed by atoms with Crippen molar-refractivity contribution in [3.05, 3.63) is 30.1 Å². The third kappa shape index (κ3) is 6.45. The molecule has 1 aliphatic rings. The van der Waals surface area contributed by atoms with Gasteiger partial charge in [-0.05, 0) is 37.3 Å². The molecule has 1 aromatic heterocycles. The van der Waals surface area contributed by atoms with Gasteiger partial charge in [-0.3, -0.25) is 9.88 Å². The maximum Gasteiger partial charge on any atom is 0.315 e.